The highest BCUT2D eigenvalue weighted by molar-refractivity contribution is 5.85. The van der Waals surface area contributed by atoms with E-state index in [0.29, 0.717) is 12.0 Å². The van der Waals surface area contributed by atoms with Crippen LogP contribution >= 0.6 is 12.4 Å². The first-order chi connectivity index (χ1) is 8.72. The average molecular weight is 275 g/mol. The second-order valence-electron chi connectivity index (χ2n) is 5.12. The molecule has 1 saturated carbocycles. The number of hydrogen-bond acceptors (Lipinski definition) is 2. The van der Waals surface area contributed by atoms with Gasteiger partial charge in [-0.2, -0.15) is 0 Å². The van der Waals surface area contributed by atoms with Gasteiger partial charge in [-0.15, -0.1) is 12.4 Å². The van der Waals surface area contributed by atoms with Crippen molar-refractivity contribution in [2.75, 3.05) is 5.32 Å². The number of benzene rings is 2. The van der Waals surface area contributed by atoms with Gasteiger partial charge in [0, 0.05) is 23.3 Å². The molecule has 19 heavy (non-hydrogen) atoms. The molecule has 0 amide bonds. The van der Waals surface area contributed by atoms with E-state index >= 15 is 0 Å². The van der Waals surface area contributed by atoms with Crippen molar-refractivity contribution < 1.29 is 0 Å². The molecule has 100 valence electrons. The molecule has 2 aromatic rings. The van der Waals surface area contributed by atoms with Crippen LogP contribution in [0.3, 0.4) is 0 Å². The molecule has 0 bridgehead atoms. The molecule has 1 aliphatic rings. The highest BCUT2D eigenvalue weighted by Crippen LogP contribution is 2.39. The summed E-state index contributed by atoms with van der Waals surface area (Å²) in [6.07, 6.45) is 1.13. The predicted octanol–water partition coefficient (Wildman–Crippen LogP) is 3.98. The lowest BCUT2D eigenvalue weighted by Gasteiger charge is -2.07. The lowest BCUT2D eigenvalue weighted by Crippen LogP contribution is -2.00. The first kappa shape index (κ1) is 13.9. The van der Waals surface area contributed by atoms with Gasteiger partial charge in [-0.05, 0) is 43.2 Å². The van der Waals surface area contributed by atoms with Crippen molar-refractivity contribution >= 4 is 23.8 Å². The molecule has 1 fully saturated rings. The van der Waals surface area contributed by atoms with E-state index in [1.165, 1.54) is 11.1 Å². The van der Waals surface area contributed by atoms with Crippen LogP contribution in [0.5, 0.6) is 0 Å². The summed E-state index contributed by atoms with van der Waals surface area (Å²) in [6, 6.07) is 17.4. The van der Waals surface area contributed by atoms with Gasteiger partial charge in [0.05, 0.1) is 0 Å². The lowest BCUT2D eigenvalue weighted by molar-refractivity contribution is 0.991. The fourth-order valence-electron chi connectivity index (χ4n) is 2.22. The minimum atomic E-state index is 0. The van der Waals surface area contributed by atoms with Gasteiger partial charge in [0.2, 0.25) is 0 Å². The maximum absolute atomic E-state index is 5.86. The van der Waals surface area contributed by atoms with Gasteiger partial charge in [-0.1, -0.05) is 29.8 Å². The van der Waals surface area contributed by atoms with Crippen molar-refractivity contribution in [1.82, 2.24) is 0 Å². The van der Waals surface area contributed by atoms with Crippen molar-refractivity contribution in [1.29, 1.82) is 0 Å². The van der Waals surface area contributed by atoms with E-state index in [4.69, 9.17) is 5.73 Å². The third kappa shape index (κ3) is 3.28. The summed E-state index contributed by atoms with van der Waals surface area (Å²) in [5.41, 5.74) is 10.7. The van der Waals surface area contributed by atoms with Crippen LogP contribution in [-0.4, -0.2) is 6.04 Å². The Kier molecular flexibility index (Phi) is 4.13. The van der Waals surface area contributed by atoms with Gasteiger partial charge in [0.25, 0.3) is 0 Å². The Balaban J connectivity index is 0.00000133. The third-order valence-electron chi connectivity index (χ3n) is 3.52. The van der Waals surface area contributed by atoms with Crippen LogP contribution in [0, 0.1) is 6.92 Å². The molecule has 2 nitrogen and oxygen atoms in total. The molecular formula is C16H19ClN2. The summed E-state index contributed by atoms with van der Waals surface area (Å²) >= 11 is 0. The Morgan fingerprint density at radius 1 is 0.947 bits per heavy atom. The monoisotopic (exact) mass is 274 g/mol. The number of nitrogens with one attached hydrogen (secondary N) is 1. The summed E-state index contributed by atoms with van der Waals surface area (Å²) in [5, 5.41) is 3.40. The van der Waals surface area contributed by atoms with E-state index in [1.54, 1.807) is 0 Å². The van der Waals surface area contributed by atoms with Crippen LogP contribution in [0.1, 0.15) is 23.5 Å². The first-order valence-corrected chi connectivity index (χ1v) is 6.41. The van der Waals surface area contributed by atoms with E-state index in [-0.39, 0.29) is 12.4 Å². The molecule has 0 aromatic heterocycles. The first-order valence-electron chi connectivity index (χ1n) is 6.41. The van der Waals surface area contributed by atoms with Crippen molar-refractivity contribution in [2.24, 2.45) is 5.73 Å². The molecule has 2 atom stereocenters. The van der Waals surface area contributed by atoms with Crippen molar-refractivity contribution in [2.45, 2.75) is 25.3 Å². The zero-order valence-corrected chi connectivity index (χ0v) is 11.8. The molecule has 0 unspecified atom stereocenters. The van der Waals surface area contributed by atoms with E-state index in [0.717, 1.165) is 17.8 Å². The number of nitrogens with two attached hydrogens (primary N) is 1. The predicted molar refractivity (Wildman–Crippen MR) is 83.5 cm³/mol. The molecule has 0 spiro atoms. The minimum Gasteiger partial charge on any atom is -0.356 e. The molecule has 0 saturated heterocycles. The Labute approximate surface area is 120 Å². The topological polar surface area (TPSA) is 38.0 Å². The smallest absolute Gasteiger partial charge is 0.0384 e. The molecule has 3 heteroatoms. The Hall–Kier alpha value is -1.51. The van der Waals surface area contributed by atoms with Gasteiger partial charge in [0.15, 0.2) is 0 Å². The standard InChI is InChI=1S/C16H18N2.ClH/c1-11-2-6-13(7-3-11)18-14-8-4-12(5-9-14)15-10-16(15)17;/h2-9,15-16,18H,10,17H2,1H3;1H/t15-,16+;/m0./s1. The largest absolute Gasteiger partial charge is 0.356 e. The quantitative estimate of drug-likeness (QED) is 0.889. The summed E-state index contributed by atoms with van der Waals surface area (Å²) in [7, 11) is 0. The SMILES string of the molecule is Cc1ccc(Nc2ccc([C@@H]3C[C@H]3N)cc2)cc1.Cl. The van der Waals surface area contributed by atoms with Gasteiger partial charge < -0.3 is 11.1 Å². The molecule has 0 heterocycles. The summed E-state index contributed by atoms with van der Waals surface area (Å²) in [6.45, 7) is 2.09. The summed E-state index contributed by atoms with van der Waals surface area (Å²) in [5.74, 6) is 0.582. The van der Waals surface area contributed by atoms with Crippen LogP contribution in [0.2, 0.25) is 0 Å². The number of aryl methyl sites for hydroxylation is 1. The molecular weight excluding hydrogens is 256 g/mol. The lowest BCUT2D eigenvalue weighted by atomic mass is 10.1. The van der Waals surface area contributed by atoms with Crippen molar-refractivity contribution in [3.63, 3.8) is 0 Å². The van der Waals surface area contributed by atoms with E-state index < -0.39 is 0 Å². The normalized spacial score (nSPS) is 20.5. The molecule has 3 rings (SSSR count). The number of halogens is 1. The molecule has 0 aliphatic heterocycles. The Bertz CT molecular complexity index is 534. The maximum atomic E-state index is 5.86. The Morgan fingerprint density at radius 3 is 1.89 bits per heavy atom. The fraction of sp³-hybridized carbons (Fsp3) is 0.250. The highest BCUT2D eigenvalue weighted by atomic mass is 35.5. The van der Waals surface area contributed by atoms with Crippen LogP contribution in [-0.2, 0) is 0 Å². The zero-order valence-electron chi connectivity index (χ0n) is 11.0. The summed E-state index contributed by atoms with van der Waals surface area (Å²) in [4.78, 5) is 0. The van der Waals surface area contributed by atoms with Gasteiger partial charge >= 0.3 is 0 Å². The zero-order chi connectivity index (χ0) is 12.5. The average Bonchev–Trinajstić information content (AvgIpc) is 3.10. The van der Waals surface area contributed by atoms with Crippen molar-refractivity contribution in [3.8, 4) is 0 Å². The number of hydrogen-bond donors (Lipinski definition) is 2. The van der Waals surface area contributed by atoms with Gasteiger partial charge in [-0.3, -0.25) is 0 Å². The van der Waals surface area contributed by atoms with E-state index in [1.807, 2.05) is 0 Å². The number of rotatable bonds is 3. The fourth-order valence-corrected chi connectivity index (χ4v) is 2.22. The Morgan fingerprint density at radius 2 is 1.42 bits per heavy atom. The maximum Gasteiger partial charge on any atom is 0.0384 e. The van der Waals surface area contributed by atoms with E-state index in [9.17, 15) is 0 Å². The highest BCUT2D eigenvalue weighted by Gasteiger charge is 2.34. The second-order valence-corrected chi connectivity index (χ2v) is 5.12. The second kappa shape index (κ2) is 5.64. The molecule has 0 radical (unpaired) electrons. The van der Waals surface area contributed by atoms with Crippen LogP contribution in [0.4, 0.5) is 11.4 Å². The van der Waals surface area contributed by atoms with Crippen LogP contribution in [0.15, 0.2) is 48.5 Å². The third-order valence-corrected chi connectivity index (χ3v) is 3.52. The molecule has 1 aliphatic carbocycles. The van der Waals surface area contributed by atoms with Crippen molar-refractivity contribution in [3.05, 3.63) is 59.7 Å². The van der Waals surface area contributed by atoms with Gasteiger partial charge in [0.1, 0.15) is 0 Å². The van der Waals surface area contributed by atoms with E-state index in [2.05, 4.69) is 60.8 Å². The van der Waals surface area contributed by atoms with Crippen LogP contribution in [0.25, 0.3) is 0 Å². The van der Waals surface area contributed by atoms with Crippen LogP contribution < -0.4 is 11.1 Å². The summed E-state index contributed by atoms with van der Waals surface area (Å²) < 4.78 is 0. The minimum absolute atomic E-state index is 0. The molecule has 3 N–H and O–H groups in total. The molecule has 2 aromatic carbocycles. The van der Waals surface area contributed by atoms with Gasteiger partial charge in [-0.25, -0.2) is 0 Å². The number of anilines is 2.